The van der Waals surface area contributed by atoms with E-state index >= 15 is 0 Å². The molecule has 1 fully saturated rings. The summed E-state index contributed by atoms with van der Waals surface area (Å²) in [5.41, 5.74) is 0.606. The Morgan fingerprint density at radius 2 is 2.00 bits per heavy atom. The number of phenols is 1. The van der Waals surface area contributed by atoms with Gasteiger partial charge in [0.25, 0.3) is 0 Å². The highest BCUT2D eigenvalue weighted by atomic mass is 35.5. The van der Waals surface area contributed by atoms with E-state index in [4.69, 9.17) is 11.6 Å². The van der Waals surface area contributed by atoms with Gasteiger partial charge in [-0.05, 0) is 30.7 Å². The van der Waals surface area contributed by atoms with Crippen molar-refractivity contribution in [2.45, 2.75) is 19.4 Å². The topological polar surface area (TPSA) is 64.0 Å². The van der Waals surface area contributed by atoms with Crippen LogP contribution in [-0.2, 0) is 4.79 Å². The van der Waals surface area contributed by atoms with Crippen molar-refractivity contribution in [1.82, 2.24) is 9.80 Å². The summed E-state index contributed by atoms with van der Waals surface area (Å²) in [5.74, 6) is -0.919. The molecule has 0 bridgehead atoms. The van der Waals surface area contributed by atoms with Gasteiger partial charge < -0.3 is 15.1 Å². The van der Waals surface area contributed by atoms with Gasteiger partial charge in [-0.3, -0.25) is 9.69 Å². The number of aromatic hydroxyl groups is 1. The molecule has 6 heteroatoms. The van der Waals surface area contributed by atoms with Gasteiger partial charge in [0.1, 0.15) is 11.8 Å². The lowest BCUT2D eigenvalue weighted by Crippen LogP contribution is -2.49. The van der Waals surface area contributed by atoms with E-state index in [1.54, 1.807) is 6.07 Å². The van der Waals surface area contributed by atoms with Crippen LogP contribution >= 0.6 is 11.6 Å². The number of piperazine rings is 1. The zero-order valence-electron chi connectivity index (χ0n) is 12.1. The molecule has 0 saturated carbocycles. The van der Waals surface area contributed by atoms with Crippen molar-refractivity contribution in [3.8, 4) is 5.75 Å². The zero-order valence-corrected chi connectivity index (χ0v) is 12.9. The third-order valence-corrected chi connectivity index (χ3v) is 4.14. The monoisotopic (exact) mass is 312 g/mol. The van der Waals surface area contributed by atoms with Gasteiger partial charge in [0.15, 0.2) is 0 Å². The van der Waals surface area contributed by atoms with Crippen molar-refractivity contribution in [1.29, 1.82) is 0 Å². The Labute approximate surface area is 129 Å². The van der Waals surface area contributed by atoms with E-state index in [1.165, 1.54) is 12.1 Å². The third-order valence-electron chi connectivity index (χ3n) is 3.83. The van der Waals surface area contributed by atoms with Crippen LogP contribution in [0.15, 0.2) is 18.2 Å². The molecule has 5 nitrogen and oxygen atoms in total. The average Bonchev–Trinajstić information content (AvgIpc) is 2.45. The minimum atomic E-state index is -0.888. The second-order valence-corrected chi connectivity index (χ2v) is 5.74. The maximum atomic E-state index is 11.6. The molecule has 0 amide bonds. The Balaban J connectivity index is 2.13. The zero-order chi connectivity index (χ0) is 15.4. The minimum absolute atomic E-state index is 0.0303. The summed E-state index contributed by atoms with van der Waals surface area (Å²) in [6.45, 7) is 6.39. The fraction of sp³-hybridized carbons (Fsp3) is 0.533. The summed E-state index contributed by atoms with van der Waals surface area (Å²) in [5, 5.41) is 19.2. The van der Waals surface area contributed by atoms with Crippen molar-refractivity contribution in [3.63, 3.8) is 0 Å². The van der Waals surface area contributed by atoms with Crippen LogP contribution in [0.25, 0.3) is 0 Å². The molecule has 1 aromatic carbocycles. The molecule has 2 rings (SSSR count). The van der Waals surface area contributed by atoms with E-state index in [1.807, 2.05) is 4.90 Å². The molecule has 0 spiro atoms. The molecule has 2 N–H and O–H groups in total. The molecule has 1 heterocycles. The van der Waals surface area contributed by atoms with Crippen LogP contribution in [0.5, 0.6) is 5.75 Å². The summed E-state index contributed by atoms with van der Waals surface area (Å²) in [7, 11) is 0. The molecule has 1 unspecified atom stereocenters. The fourth-order valence-electron chi connectivity index (χ4n) is 2.76. The number of hydrogen-bond acceptors (Lipinski definition) is 4. The summed E-state index contributed by atoms with van der Waals surface area (Å²) in [4.78, 5) is 15.9. The van der Waals surface area contributed by atoms with Gasteiger partial charge in [0.2, 0.25) is 0 Å². The van der Waals surface area contributed by atoms with Crippen molar-refractivity contribution < 1.29 is 15.0 Å². The quantitative estimate of drug-likeness (QED) is 0.872. The molecule has 1 aromatic rings. The lowest BCUT2D eigenvalue weighted by Gasteiger charge is -2.37. The average molecular weight is 313 g/mol. The maximum Gasteiger partial charge on any atom is 0.325 e. The van der Waals surface area contributed by atoms with Gasteiger partial charge in [-0.2, -0.15) is 0 Å². The highest BCUT2D eigenvalue weighted by molar-refractivity contribution is 6.32. The van der Waals surface area contributed by atoms with E-state index in [0.29, 0.717) is 5.56 Å². The number of carbonyl (C=O) groups is 1. The number of rotatable bonds is 5. The number of carboxylic acids is 1. The highest BCUT2D eigenvalue weighted by Crippen LogP contribution is 2.30. The molecule has 1 saturated heterocycles. The van der Waals surface area contributed by atoms with E-state index in [2.05, 4.69) is 11.8 Å². The highest BCUT2D eigenvalue weighted by Gasteiger charge is 2.30. The van der Waals surface area contributed by atoms with Crippen molar-refractivity contribution in [3.05, 3.63) is 28.8 Å². The Hall–Kier alpha value is -1.30. The molecule has 1 atom stereocenters. The van der Waals surface area contributed by atoms with E-state index in [0.717, 1.165) is 39.1 Å². The predicted molar refractivity (Wildman–Crippen MR) is 81.8 cm³/mol. The molecule has 0 radical (unpaired) electrons. The standard InChI is InChI=1S/C15H21ClN2O3/c1-2-5-17-6-8-18(9-7-17)14(15(20)21)11-3-4-13(19)12(16)10-11/h3-4,10,14,19H,2,5-9H2,1H3,(H,20,21). The number of aliphatic carboxylic acids is 1. The van der Waals surface area contributed by atoms with Crippen LogP contribution in [0.1, 0.15) is 24.9 Å². The lowest BCUT2D eigenvalue weighted by molar-refractivity contribution is -0.144. The van der Waals surface area contributed by atoms with Crippen LogP contribution in [0, 0.1) is 0 Å². The number of halogens is 1. The minimum Gasteiger partial charge on any atom is -0.506 e. The maximum absolute atomic E-state index is 11.6. The van der Waals surface area contributed by atoms with Gasteiger partial charge in [0, 0.05) is 26.2 Å². The number of hydrogen-bond donors (Lipinski definition) is 2. The summed E-state index contributed by atoms with van der Waals surface area (Å²) >= 11 is 5.90. The second kappa shape index (κ2) is 7.11. The predicted octanol–water partition coefficient (Wildman–Crippen LogP) is 2.20. The van der Waals surface area contributed by atoms with Crippen LogP contribution in [0.3, 0.4) is 0 Å². The Morgan fingerprint density at radius 1 is 1.33 bits per heavy atom. The Morgan fingerprint density at radius 3 is 2.52 bits per heavy atom. The number of nitrogens with zero attached hydrogens (tertiary/aromatic N) is 2. The molecular weight excluding hydrogens is 292 g/mol. The van der Waals surface area contributed by atoms with Crippen LogP contribution in [0.2, 0.25) is 5.02 Å². The molecule has 0 aromatic heterocycles. The Bertz CT molecular complexity index is 502. The largest absolute Gasteiger partial charge is 0.506 e. The van der Waals surface area contributed by atoms with Crippen LogP contribution < -0.4 is 0 Å². The van der Waals surface area contributed by atoms with Gasteiger partial charge >= 0.3 is 5.97 Å². The second-order valence-electron chi connectivity index (χ2n) is 5.33. The van der Waals surface area contributed by atoms with Crippen LogP contribution in [0.4, 0.5) is 0 Å². The van der Waals surface area contributed by atoms with E-state index in [-0.39, 0.29) is 10.8 Å². The Kier molecular flexibility index (Phi) is 5.45. The first kappa shape index (κ1) is 16.1. The van der Waals surface area contributed by atoms with Gasteiger partial charge in [0.05, 0.1) is 5.02 Å². The lowest BCUT2D eigenvalue weighted by atomic mass is 10.0. The summed E-state index contributed by atoms with van der Waals surface area (Å²) in [6, 6.07) is 3.89. The molecular formula is C15H21ClN2O3. The van der Waals surface area contributed by atoms with Gasteiger partial charge in [-0.25, -0.2) is 0 Å². The van der Waals surface area contributed by atoms with Crippen LogP contribution in [-0.4, -0.2) is 58.7 Å². The molecule has 1 aliphatic heterocycles. The number of carboxylic acid groups (broad SMARTS) is 1. The van der Waals surface area contributed by atoms with Crippen molar-refractivity contribution in [2.75, 3.05) is 32.7 Å². The van der Waals surface area contributed by atoms with Crippen molar-refractivity contribution in [2.24, 2.45) is 0 Å². The first-order chi connectivity index (χ1) is 10.0. The molecule has 1 aliphatic rings. The SMILES string of the molecule is CCCN1CCN(C(C(=O)O)c2ccc(O)c(Cl)c2)CC1. The van der Waals surface area contributed by atoms with E-state index < -0.39 is 12.0 Å². The smallest absolute Gasteiger partial charge is 0.325 e. The van der Waals surface area contributed by atoms with Gasteiger partial charge in [-0.15, -0.1) is 0 Å². The van der Waals surface area contributed by atoms with Crippen molar-refractivity contribution >= 4 is 17.6 Å². The molecule has 0 aliphatic carbocycles. The van der Waals surface area contributed by atoms with E-state index in [9.17, 15) is 15.0 Å². The number of phenolic OH excluding ortho intramolecular Hbond substituents is 1. The first-order valence-electron chi connectivity index (χ1n) is 7.20. The molecule has 21 heavy (non-hydrogen) atoms. The number of benzene rings is 1. The molecule has 116 valence electrons. The van der Waals surface area contributed by atoms with Gasteiger partial charge in [-0.1, -0.05) is 24.6 Å². The normalized spacial score (nSPS) is 18.6. The summed E-state index contributed by atoms with van der Waals surface area (Å²) < 4.78 is 0. The first-order valence-corrected chi connectivity index (χ1v) is 7.58. The summed E-state index contributed by atoms with van der Waals surface area (Å²) in [6.07, 6.45) is 1.11. The fourth-order valence-corrected chi connectivity index (χ4v) is 2.95. The third kappa shape index (κ3) is 3.87.